The topological polar surface area (TPSA) is 0 Å². The van der Waals surface area contributed by atoms with Crippen LogP contribution in [0.25, 0.3) is 0 Å². The molecule has 0 rings (SSSR count). The second-order valence-corrected chi connectivity index (χ2v) is 2.01. The molecule has 0 spiro atoms. The summed E-state index contributed by atoms with van der Waals surface area (Å²) in [5.41, 5.74) is 0.899. The molecule has 58 valence electrons. The molecule has 0 bridgehead atoms. The summed E-state index contributed by atoms with van der Waals surface area (Å²) in [6.07, 6.45) is 1.21. The molecular weight excluding hydrogens is 354 g/mol. The van der Waals surface area contributed by atoms with Crippen molar-refractivity contribution in [3.05, 3.63) is 18.6 Å². The van der Waals surface area contributed by atoms with Crippen LogP contribution in [0.5, 0.6) is 0 Å². The zero-order chi connectivity index (χ0) is 6.57. The normalized spacial score (nSPS) is 11.9. The monoisotopic (exact) mass is 364 g/mol. The van der Waals surface area contributed by atoms with Crippen molar-refractivity contribution in [2.45, 2.75) is 26.4 Å². The molecule has 0 saturated carbocycles. The van der Waals surface area contributed by atoms with E-state index in [9.17, 15) is 4.39 Å². The summed E-state index contributed by atoms with van der Waals surface area (Å²) in [7, 11) is 0. The Kier molecular flexibility index (Phi) is 5.68. The van der Waals surface area contributed by atoms with E-state index in [4.69, 9.17) is 0 Å². The third-order valence-electron chi connectivity index (χ3n) is 0.905. The van der Waals surface area contributed by atoms with Crippen LogP contribution < -0.4 is 0 Å². The van der Waals surface area contributed by atoms with Gasteiger partial charge in [0.25, 0.3) is 0 Å². The Morgan fingerprint density at radius 3 is 2.33 bits per heavy atom. The van der Waals surface area contributed by atoms with Crippen molar-refractivity contribution in [2.75, 3.05) is 0 Å². The molecule has 1 unspecified atom stereocenters. The average molecular weight is 366 g/mol. The minimum atomic E-state index is -0.799. The molecule has 0 aromatic heterocycles. The molecule has 0 aliphatic rings. The van der Waals surface area contributed by atoms with Gasteiger partial charge in [0, 0.05) is 0 Å². The van der Waals surface area contributed by atoms with Gasteiger partial charge in [-0.1, -0.05) is 5.57 Å². The predicted molar refractivity (Wildman–Crippen MR) is 34.3 cm³/mol. The Balaban J connectivity index is 0. The zero-order valence-corrected chi connectivity index (χ0v) is 8.40. The summed E-state index contributed by atoms with van der Waals surface area (Å²) in [4.78, 5) is 0. The largest absolute Gasteiger partial charge is 0.298 e. The first-order chi connectivity index (χ1) is 3.66. The second-order valence-electron chi connectivity index (χ2n) is 2.01. The van der Waals surface area contributed by atoms with Crippen molar-refractivity contribution in [1.29, 1.82) is 0 Å². The van der Waals surface area contributed by atoms with Gasteiger partial charge in [-0.2, -0.15) is 6.92 Å². The van der Waals surface area contributed by atoms with Crippen LogP contribution in [0.4, 0.5) is 4.39 Å². The maximum absolute atomic E-state index is 12.3. The third kappa shape index (κ3) is 6.67. The summed E-state index contributed by atoms with van der Waals surface area (Å²) < 4.78 is 12.3. The smallest absolute Gasteiger partial charge is 0 e. The Morgan fingerprint density at radius 2 is 2.22 bits per heavy atom. The van der Waals surface area contributed by atoms with Crippen LogP contribution in [0.1, 0.15) is 20.3 Å². The number of hydrogen-bond donors (Lipinski definition) is 0. The number of allylic oxidation sites excluding steroid dienone is 1. The van der Waals surface area contributed by atoms with Crippen LogP contribution in [0, 0.1) is 6.42 Å². The van der Waals surface area contributed by atoms with Gasteiger partial charge in [0.2, 0.25) is 0 Å². The first-order valence-corrected chi connectivity index (χ1v) is 2.74. The van der Waals surface area contributed by atoms with Crippen molar-refractivity contribution in [2.24, 2.45) is 0 Å². The van der Waals surface area contributed by atoms with E-state index in [1.165, 1.54) is 6.42 Å². The SMILES string of the molecule is C=C(C)CC(F)[CH-]C.[Cf]. The van der Waals surface area contributed by atoms with E-state index in [0.717, 1.165) is 5.57 Å². The van der Waals surface area contributed by atoms with Gasteiger partial charge >= 0.3 is 0 Å². The minimum absolute atomic E-state index is 0. The van der Waals surface area contributed by atoms with Crippen molar-refractivity contribution in [1.82, 2.24) is 0 Å². The van der Waals surface area contributed by atoms with Gasteiger partial charge in [-0.3, -0.25) is 10.8 Å². The van der Waals surface area contributed by atoms with Gasteiger partial charge in [0.15, 0.2) is 0 Å². The molecule has 0 aromatic rings. The fraction of sp³-hybridized carbons (Fsp3) is 0.571. The first kappa shape index (κ1) is 10.6. The van der Waals surface area contributed by atoms with Gasteiger partial charge in [0.1, 0.15) is 0 Å². The molecule has 0 saturated heterocycles. The van der Waals surface area contributed by atoms with Crippen molar-refractivity contribution in [3.63, 3.8) is 0 Å². The van der Waals surface area contributed by atoms with Crippen LogP contribution in [0.15, 0.2) is 12.2 Å². The van der Waals surface area contributed by atoms with E-state index in [1.54, 1.807) is 6.92 Å². The maximum atomic E-state index is 12.3. The van der Waals surface area contributed by atoms with E-state index in [0.29, 0.717) is 6.42 Å². The Bertz CT molecular complexity index is 81.0. The molecule has 0 heterocycles. The van der Waals surface area contributed by atoms with E-state index >= 15 is 0 Å². The molecule has 0 aliphatic heterocycles. The molecule has 1 atom stereocenters. The summed E-state index contributed by atoms with van der Waals surface area (Å²) in [6, 6.07) is 0. The van der Waals surface area contributed by atoms with Crippen LogP contribution in [-0.4, -0.2) is 6.17 Å². The molecule has 9 heavy (non-hydrogen) atoms. The second kappa shape index (κ2) is 4.82. The predicted octanol–water partition coefficient (Wildman–Crippen LogP) is 2.51. The van der Waals surface area contributed by atoms with E-state index < -0.39 is 6.17 Å². The number of hydrogen-bond acceptors (Lipinski definition) is 0. The van der Waals surface area contributed by atoms with Gasteiger partial charge in [0.05, 0.1) is 0 Å². The molecule has 0 N–H and O–H groups in total. The van der Waals surface area contributed by atoms with Crippen LogP contribution >= 0.6 is 0 Å². The van der Waals surface area contributed by atoms with Gasteiger partial charge in [-0.05, 0) is 19.5 Å². The van der Waals surface area contributed by atoms with Crippen molar-refractivity contribution in [3.8, 4) is 0 Å². The maximum Gasteiger partial charge on any atom is 0 e. The molecule has 0 nitrogen and oxygen atoms in total. The third-order valence-corrected chi connectivity index (χ3v) is 0.905. The van der Waals surface area contributed by atoms with Gasteiger partial charge in [-0.15, -0.1) is 6.58 Å². The van der Waals surface area contributed by atoms with Crippen LogP contribution in [0.3, 0.4) is 0 Å². The first-order valence-electron chi connectivity index (χ1n) is 2.74. The molecule has 2 heteroatoms. The minimum Gasteiger partial charge on any atom is -0.298 e. The average Bonchev–Trinajstić information content (AvgIpc) is 1.65. The van der Waals surface area contributed by atoms with Crippen LogP contribution in [-0.2, 0) is 0 Å². The number of alkyl halides is 1. The Morgan fingerprint density at radius 1 is 1.78 bits per heavy atom. The molecular formula is C7H12CfF-. The van der Waals surface area contributed by atoms with E-state index in [1.807, 2.05) is 6.92 Å². The molecule has 0 radical (unpaired) electrons. The Hall–Kier alpha value is -1.33. The zero-order valence-electron chi connectivity index (χ0n) is 5.76. The molecule has 0 amide bonds. The summed E-state index contributed by atoms with van der Waals surface area (Å²) in [5, 5.41) is 0. The summed E-state index contributed by atoms with van der Waals surface area (Å²) in [6.45, 7) is 7.13. The fourth-order valence-electron chi connectivity index (χ4n) is 0.451. The molecule has 0 fully saturated rings. The van der Waals surface area contributed by atoms with Gasteiger partial charge in [-0.25, -0.2) is 0 Å². The van der Waals surface area contributed by atoms with Crippen molar-refractivity contribution < 1.29 is 4.39 Å². The fourth-order valence-corrected chi connectivity index (χ4v) is 0.451. The quantitative estimate of drug-likeness (QED) is 0.532. The van der Waals surface area contributed by atoms with E-state index in [-0.39, 0.29) is 0 Å². The summed E-state index contributed by atoms with van der Waals surface area (Å²) in [5.74, 6) is 0. The molecule has 0 aromatic carbocycles. The number of halogens is 1. The Labute approximate surface area is 50.4 Å². The summed E-state index contributed by atoms with van der Waals surface area (Å²) >= 11 is 0. The standard InChI is InChI=1S/C7H12F.Cf/c1-4-7(8)5-6(2)3;/h4,7H,2,5H2,1,3H3;/q-1;. The molecule has 0 aliphatic carbocycles. The van der Waals surface area contributed by atoms with Gasteiger partial charge < -0.3 is 0 Å². The van der Waals surface area contributed by atoms with Crippen molar-refractivity contribution >= 4 is 0 Å². The number of rotatable bonds is 3. The van der Waals surface area contributed by atoms with Crippen LogP contribution in [0.2, 0.25) is 0 Å². The van der Waals surface area contributed by atoms with E-state index in [2.05, 4.69) is 6.58 Å².